The van der Waals surface area contributed by atoms with E-state index in [1.165, 1.54) is 6.20 Å². The molecule has 1 aliphatic heterocycles. The van der Waals surface area contributed by atoms with Crippen LogP contribution in [0.15, 0.2) is 12.3 Å². The van der Waals surface area contributed by atoms with E-state index in [-0.39, 0.29) is 12.0 Å². The molecule has 0 aromatic carbocycles. The smallest absolute Gasteiger partial charge is 0.338 e. The summed E-state index contributed by atoms with van der Waals surface area (Å²) in [6, 6.07) is 0.958. The van der Waals surface area contributed by atoms with E-state index in [4.69, 9.17) is 0 Å². The first-order valence-electron chi connectivity index (χ1n) is 7.25. The van der Waals surface area contributed by atoms with Crippen molar-refractivity contribution in [3.05, 3.63) is 18.0 Å². The van der Waals surface area contributed by atoms with Gasteiger partial charge in [0.1, 0.15) is 5.69 Å². The van der Waals surface area contributed by atoms with Crippen LogP contribution in [0.4, 0.5) is 19.1 Å². The maximum absolute atomic E-state index is 12.8. The number of aromatic nitrogens is 2. The monoisotopic (exact) mass is 302 g/mol. The first-order chi connectivity index (χ1) is 9.88. The standard InChI is InChI=1S/C14H21F3N4/c1-10(2)21(9-11-4-3-6-18-8-11)13-19-7-5-12(20-13)14(15,16)17/h5,7,10-11,18H,3-4,6,8-9H2,1-2H3. The van der Waals surface area contributed by atoms with Gasteiger partial charge in [-0.2, -0.15) is 13.2 Å². The van der Waals surface area contributed by atoms with Gasteiger partial charge in [0, 0.05) is 18.8 Å². The van der Waals surface area contributed by atoms with Gasteiger partial charge in [0.2, 0.25) is 5.95 Å². The number of halogens is 3. The van der Waals surface area contributed by atoms with Crippen molar-refractivity contribution in [3.63, 3.8) is 0 Å². The molecule has 0 amide bonds. The summed E-state index contributed by atoms with van der Waals surface area (Å²) in [6.45, 7) is 6.46. The third-order valence-corrected chi connectivity index (χ3v) is 3.67. The topological polar surface area (TPSA) is 41.0 Å². The van der Waals surface area contributed by atoms with Crippen molar-refractivity contribution in [2.24, 2.45) is 5.92 Å². The molecule has 118 valence electrons. The Labute approximate surface area is 122 Å². The van der Waals surface area contributed by atoms with Crippen molar-refractivity contribution in [2.75, 3.05) is 24.5 Å². The highest BCUT2D eigenvalue weighted by Gasteiger charge is 2.33. The number of piperidine rings is 1. The minimum absolute atomic E-state index is 0.0513. The third-order valence-electron chi connectivity index (χ3n) is 3.67. The number of rotatable bonds is 4. The van der Waals surface area contributed by atoms with Crippen LogP contribution in [-0.2, 0) is 6.18 Å². The summed E-state index contributed by atoms with van der Waals surface area (Å²) in [4.78, 5) is 9.59. The Hall–Kier alpha value is -1.37. The highest BCUT2D eigenvalue weighted by Crippen LogP contribution is 2.28. The lowest BCUT2D eigenvalue weighted by Crippen LogP contribution is -2.42. The summed E-state index contributed by atoms with van der Waals surface area (Å²) in [7, 11) is 0. The number of nitrogens with one attached hydrogen (secondary N) is 1. The summed E-state index contributed by atoms with van der Waals surface area (Å²) >= 11 is 0. The van der Waals surface area contributed by atoms with E-state index in [0.29, 0.717) is 12.5 Å². The van der Waals surface area contributed by atoms with Crippen molar-refractivity contribution < 1.29 is 13.2 Å². The van der Waals surface area contributed by atoms with Crippen LogP contribution in [0.3, 0.4) is 0 Å². The SMILES string of the molecule is CC(C)N(CC1CCCNC1)c1nccc(C(F)(F)F)n1. The van der Waals surface area contributed by atoms with Gasteiger partial charge < -0.3 is 10.2 Å². The molecule has 1 atom stereocenters. The molecule has 1 N–H and O–H groups in total. The first-order valence-corrected chi connectivity index (χ1v) is 7.25. The molecule has 1 aromatic heterocycles. The van der Waals surface area contributed by atoms with Gasteiger partial charge in [0.05, 0.1) is 0 Å². The van der Waals surface area contributed by atoms with Gasteiger partial charge in [-0.3, -0.25) is 0 Å². The Kier molecular flexibility index (Phi) is 5.03. The maximum Gasteiger partial charge on any atom is 0.433 e. The van der Waals surface area contributed by atoms with E-state index >= 15 is 0 Å². The summed E-state index contributed by atoms with van der Waals surface area (Å²) in [5, 5.41) is 3.32. The van der Waals surface area contributed by atoms with Gasteiger partial charge >= 0.3 is 6.18 Å². The second kappa shape index (κ2) is 6.60. The maximum atomic E-state index is 12.8. The number of nitrogens with zero attached hydrogens (tertiary/aromatic N) is 3. The van der Waals surface area contributed by atoms with E-state index in [1.807, 2.05) is 18.7 Å². The van der Waals surface area contributed by atoms with Crippen LogP contribution in [0.2, 0.25) is 0 Å². The highest BCUT2D eigenvalue weighted by molar-refractivity contribution is 5.32. The van der Waals surface area contributed by atoms with Crippen molar-refractivity contribution in [1.29, 1.82) is 0 Å². The third kappa shape index (κ3) is 4.30. The molecule has 0 saturated carbocycles. The fourth-order valence-electron chi connectivity index (χ4n) is 2.53. The zero-order valence-corrected chi connectivity index (χ0v) is 12.3. The van der Waals surface area contributed by atoms with E-state index < -0.39 is 11.9 Å². The van der Waals surface area contributed by atoms with Gasteiger partial charge in [-0.15, -0.1) is 0 Å². The lowest BCUT2D eigenvalue weighted by atomic mass is 9.99. The zero-order valence-electron chi connectivity index (χ0n) is 12.3. The van der Waals surface area contributed by atoms with Gasteiger partial charge in [0.25, 0.3) is 0 Å². The van der Waals surface area contributed by atoms with Crippen LogP contribution < -0.4 is 10.2 Å². The van der Waals surface area contributed by atoms with Crippen molar-refractivity contribution in [1.82, 2.24) is 15.3 Å². The van der Waals surface area contributed by atoms with Crippen LogP contribution in [0.5, 0.6) is 0 Å². The minimum Gasteiger partial charge on any atom is -0.338 e. The highest BCUT2D eigenvalue weighted by atomic mass is 19.4. The van der Waals surface area contributed by atoms with Crippen molar-refractivity contribution in [3.8, 4) is 0 Å². The molecule has 2 rings (SSSR count). The molecule has 1 aromatic rings. The molecule has 0 spiro atoms. The molecule has 1 unspecified atom stereocenters. The summed E-state index contributed by atoms with van der Waals surface area (Å²) in [6.07, 6.45) is -1.08. The summed E-state index contributed by atoms with van der Waals surface area (Å²) in [5.74, 6) is 0.574. The number of hydrogen-bond acceptors (Lipinski definition) is 4. The average Bonchev–Trinajstić information content (AvgIpc) is 2.45. The number of hydrogen-bond donors (Lipinski definition) is 1. The zero-order chi connectivity index (χ0) is 15.5. The van der Waals surface area contributed by atoms with E-state index in [1.54, 1.807) is 0 Å². The van der Waals surface area contributed by atoms with Crippen LogP contribution in [0.25, 0.3) is 0 Å². The normalized spacial score (nSPS) is 19.8. The first kappa shape index (κ1) is 16.0. The average molecular weight is 302 g/mol. The molecule has 1 fully saturated rings. The quantitative estimate of drug-likeness (QED) is 0.928. The Bertz CT molecular complexity index is 456. The fourth-order valence-corrected chi connectivity index (χ4v) is 2.53. The van der Waals surface area contributed by atoms with Crippen molar-refractivity contribution >= 4 is 5.95 Å². The molecule has 7 heteroatoms. The predicted molar refractivity (Wildman–Crippen MR) is 75.1 cm³/mol. The van der Waals surface area contributed by atoms with E-state index in [2.05, 4.69) is 15.3 Å². The van der Waals surface area contributed by atoms with Gasteiger partial charge in [-0.1, -0.05) is 0 Å². The number of alkyl halides is 3. The second-order valence-corrected chi connectivity index (χ2v) is 5.70. The fraction of sp³-hybridized carbons (Fsp3) is 0.714. The molecular formula is C14H21F3N4. The molecule has 4 nitrogen and oxygen atoms in total. The Morgan fingerprint density at radius 3 is 2.76 bits per heavy atom. The Morgan fingerprint density at radius 1 is 1.43 bits per heavy atom. The largest absolute Gasteiger partial charge is 0.433 e. The molecule has 1 aliphatic rings. The minimum atomic E-state index is -4.44. The van der Waals surface area contributed by atoms with E-state index in [0.717, 1.165) is 32.0 Å². The predicted octanol–water partition coefficient (Wildman–Crippen LogP) is 2.71. The van der Waals surface area contributed by atoms with Crippen molar-refractivity contribution in [2.45, 2.75) is 38.9 Å². The molecule has 0 bridgehead atoms. The Balaban J connectivity index is 2.17. The lowest BCUT2D eigenvalue weighted by Gasteiger charge is -2.33. The molecule has 1 saturated heterocycles. The van der Waals surface area contributed by atoms with E-state index in [9.17, 15) is 13.2 Å². The summed E-state index contributed by atoms with van der Waals surface area (Å²) < 4.78 is 38.3. The molecule has 0 radical (unpaired) electrons. The van der Waals surface area contributed by atoms with Gasteiger partial charge in [0.15, 0.2) is 0 Å². The van der Waals surface area contributed by atoms with Crippen LogP contribution in [0.1, 0.15) is 32.4 Å². The molecule has 2 heterocycles. The van der Waals surface area contributed by atoms with Crippen LogP contribution in [-0.4, -0.2) is 35.6 Å². The molecule has 0 aliphatic carbocycles. The van der Waals surface area contributed by atoms with Gasteiger partial charge in [-0.05, 0) is 51.8 Å². The van der Waals surface area contributed by atoms with Crippen LogP contribution >= 0.6 is 0 Å². The molecule has 21 heavy (non-hydrogen) atoms. The lowest BCUT2D eigenvalue weighted by molar-refractivity contribution is -0.141. The second-order valence-electron chi connectivity index (χ2n) is 5.70. The van der Waals surface area contributed by atoms with Crippen LogP contribution in [0, 0.1) is 5.92 Å². The summed E-state index contributed by atoms with van der Waals surface area (Å²) in [5.41, 5.74) is -0.889. The number of anilines is 1. The molecular weight excluding hydrogens is 281 g/mol. The Morgan fingerprint density at radius 2 is 2.19 bits per heavy atom. The van der Waals surface area contributed by atoms with Gasteiger partial charge in [-0.25, -0.2) is 9.97 Å².